The van der Waals surface area contributed by atoms with Gasteiger partial charge in [-0.25, -0.2) is 9.98 Å². The number of amides is 1. The van der Waals surface area contributed by atoms with Crippen molar-refractivity contribution in [2.75, 3.05) is 0 Å². The molecule has 0 aliphatic heterocycles. The molecule has 30 heavy (non-hydrogen) atoms. The minimum atomic E-state index is 0.0260. The Morgan fingerprint density at radius 1 is 1.37 bits per heavy atom. The maximum Gasteiger partial charge on any atom is 0.228 e. The van der Waals surface area contributed by atoms with Crippen molar-refractivity contribution in [2.45, 2.75) is 33.3 Å². The molecular formula is C24H26N4O2. The number of nitrogens with zero attached hydrogens (tertiary/aromatic N) is 3. The second-order valence-electron chi connectivity index (χ2n) is 7.05. The van der Waals surface area contributed by atoms with E-state index in [0.717, 1.165) is 29.5 Å². The van der Waals surface area contributed by atoms with E-state index >= 15 is 0 Å². The fourth-order valence-corrected chi connectivity index (χ4v) is 2.76. The molecule has 2 aromatic heterocycles. The van der Waals surface area contributed by atoms with Crippen LogP contribution in [-0.2, 0) is 11.4 Å². The van der Waals surface area contributed by atoms with Gasteiger partial charge in [-0.05, 0) is 44.4 Å². The average molecular weight is 402 g/mol. The van der Waals surface area contributed by atoms with Gasteiger partial charge in [0.05, 0.1) is 5.70 Å². The molecule has 6 nitrogen and oxygen atoms in total. The highest BCUT2D eigenvalue weighted by atomic mass is 16.5. The Kier molecular flexibility index (Phi) is 7.27. The first-order valence-electron chi connectivity index (χ1n) is 9.93. The van der Waals surface area contributed by atoms with Crippen molar-refractivity contribution in [3.05, 3.63) is 84.5 Å². The van der Waals surface area contributed by atoms with E-state index in [2.05, 4.69) is 26.9 Å². The Morgan fingerprint density at radius 3 is 2.90 bits per heavy atom. The zero-order valence-electron chi connectivity index (χ0n) is 17.3. The Morgan fingerprint density at radius 2 is 2.20 bits per heavy atom. The second kappa shape index (κ2) is 10.3. The number of carbonyl (C=O) groups excluding carboxylic acids is 1. The van der Waals surface area contributed by atoms with Crippen molar-refractivity contribution in [3.63, 3.8) is 0 Å². The molecule has 0 aromatic carbocycles. The first-order valence-corrected chi connectivity index (χ1v) is 9.93. The van der Waals surface area contributed by atoms with Gasteiger partial charge >= 0.3 is 0 Å². The van der Waals surface area contributed by atoms with Crippen LogP contribution in [-0.4, -0.2) is 21.7 Å². The minimum Gasteiger partial charge on any atom is -0.473 e. The molecule has 0 saturated heterocycles. The Bertz CT molecular complexity index is 989. The number of aliphatic imine (C=N–C) groups is 1. The van der Waals surface area contributed by atoms with Crippen LogP contribution in [0.4, 0.5) is 0 Å². The van der Waals surface area contributed by atoms with E-state index in [0.29, 0.717) is 24.0 Å². The molecule has 0 radical (unpaired) electrons. The summed E-state index contributed by atoms with van der Waals surface area (Å²) >= 11 is 0. The lowest BCUT2D eigenvalue weighted by molar-refractivity contribution is -0.120. The van der Waals surface area contributed by atoms with Crippen LogP contribution in [0.25, 0.3) is 5.57 Å². The van der Waals surface area contributed by atoms with Crippen LogP contribution in [0.15, 0.2) is 78.4 Å². The highest BCUT2D eigenvalue weighted by Gasteiger charge is 2.29. The molecule has 0 unspecified atom stereocenters. The van der Waals surface area contributed by atoms with Gasteiger partial charge in [0, 0.05) is 41.7 Å². The molecule has 154 valence electrons. The Labute approximate surface area is 177 Å². The highest BCUT2D eigenvalue weighted by Crippen LogP contribution is 2.29. The summed E-state index contributed by atoms with van der Waals surface area (Å²) in [5.41, 5.74) is 3.21. The monoisotopic (exact) mass is 402 g/mol. The predicted octanol–water partition coefficient (Wildman–Crippen LogP) is 4.47. The molecule has 2 aromatic rings. The third-order valence-electron chi connectivity index (χ3n) is 4.48. The summed E-state index contributed by atoms with van der Waals surface area (Å²) in [6, 6.07) is 7.55. The molecule has 1 aliphatic rings. The molecule has 1 N–H and O–H groups in total. The normalized spacial score (nSPS) is 14.6. The van der Waals surface area contributed by atoms with E-state index in [4.69, 9.17) is 4.74 Å². The van der Waals surface area contributed by atoms with Gasteiger partial charge in [-0.15, -0.1) is 0 Å². The third-order valence-corrected chi connectivity index (χ3v) is 4.48. The zero-order valence-corrected chi connectivity index (χ0v) is 17.3. The van der Waals surface area contributed by atoms with Crippen LogP contribution in [0.2, 0.25) is 0 Å². The van der Waals surface area contributed by atoms with Crippen LogP contribution < -0.4 is 10.1 Å². The van der Waals surface area contributed by atoms with Crippen LogP contribution in [0.1, 0.15) is 37.8 Å². The molecule has 0 bridgehead atoms. The number of hydrogen-bond donors (Lipinski definition) is 1. The number of nitrogens with one attached hydrogen (secondary N) is 1. The van der Waals surface area contributed by atoms with E-state index in [-0.39, 0.29) is 11.8 Å². The predicted molar refractivity (Wildman–Crippen MR) is 119 cm³/mol. The zero-order chi connectivity index (χ0) is 21.3. The Balaban J connectivity index is 1.75. The average Bonchev–Trinajstić information content (AvgIpc) is 3.59. The molecule has 0 spiro atoms. The molecule has 1 fully saturated rings. The van der Waals surface area contributed by atoms with Crippen molar-refractivity contribution in [2.24, 2.45) is 10.9 Å². The summed E-state index contributed by atoms with van der Waals surface area (Å²) < 4.78 is 5.82. The van der Waals surface area contributed by atoms with Gasteiger partial charge in [-0.1, -0.05) is 30.9 Å². The van der Waals surface area contributed by atoms with Crippen LogP contribution in [0.5, 0.6) is 5.88 Å². The van der Waals surface area contributed by atoms with E-state index in [1.807, 2.05) is 49.4 Å². The van der Waals surface area contributed by atoms with Crippen molar-refractivity contribution >= 4 is 17.3 Å². The number of ether oxygens (including phenoxy) is 1. The lowest BCUT2D eigenvalue weighted by Crippen LogP contribution is -2.29. The van der Waals surface area contributed by atoms with Gasteiger partial charge in [0.2, 0.25) is 11.8 Å². The molecule has 0 atom stereocenters. The van der Waals surface area contributed by atoms with E-state index in [1.54, 1.807) is 25.5 Å². The fourth-order valence-electron chi connectivity index (χ4n) is 2.76. The number of pyridine rings is 2. The van der Waals surface area contributed by atoms with Gasteiger partial charge in [0.25, 0.3) is 0 Å². The molecule has 3 rings (SSSR count). The quantitative estimate of drug-likeness (QED) is 0.401. The summed E-state index contributed by atoms with van der Waals surface area (Å²) in [5, 5.41) is 2.85. The molecule has 2 heterocycles. The van der Waals surface area contributed by atoms with Gasteiger partial charge in [-0.3, -0.25) is 9.78 Å². The SMILES string of the molecule is C=C(N=C(C)NC(=O)C1CC1)/C(=C\C=CC)c1ccnc(OCc2cccnc2)c1. The van der Waals surface area contributed by atoms with E-state index in [9.17, 15) is 4.79 Å². The molecule has 1 amide bonds. The maximum absolute atomic E-state index is 12.0. The molecular weight excluding hydrogens is 376 g/mol. The summed E-state index contributed by atoms with van der Waals surface area (Å²) in [5.74, 6) is 1.18. The summed E-state index contributed by atoms with van der Waals surface area (Å²) in [6.45, 7) is 8.20. The maximum atomic E-state index is 12.0. The first-order chi connectivity index (χ1) is 14.6. The topological polar surface area (TPSA) is 76.5 Å². The van der Waals surface area contributed by atoms with Gasteiger partial charge in [0.15, 0.2) is 0 Å². The van der Waals surface area contributed by atoms with Crippen molar-refractivity contribution in [1.82, 2.24) is 15.3 Å². The smallest absolute Gasteiger partial charge is 0.228 e. The second-order valence-corrected chi connectivity index (χ2v) is 7.05. The van der Waals surface area contributed by atoms with E-state index < -0.39 is 0 Å². The number of allylic oxidation sites excluding steroid dienone is 4. The standard InChI is InChI=1S/C24H26N4O2/c1-4-5-8-22(17(2)27-18(3)28-24(29)20-9-10-20)21-11-13-26-23(14-21)30-16-19-7-6-12-25-15-19/h4-8,11-15,20H,2,9-10,16H2,1,3H3,(H,27,28,29)/b5-4?,22-8+. The summed E-state index contributed by atoms with van der Waals surface area (Å²) in [4.78, 5) is 24.8. The van der Waals surface area contributed by atoms with Gasteiger partial charge in [0.1, 0.15) is 12.4 Å². The van der Waals surface area contributed by atoms with Gasteiger partial charge < -0.3 is 10.1 Å². The van der Waals surface area contributed by atoms with Crippen LogP contribution in [0, 0.1) is 5.92 Å². The van der Waals surface area contributed by atoms with Crippen molar-refractivity contribution < 1.29 is 9.53 Å². The largest absolute Gasteiger partial charge is 0.473 e. The Hall–Kier alpha value is -3.54. The highest BCUT2D eigenvalue weighted by molar-refractivity contribution is 6.00. The number of carbonyl (C=O) groups is 1. The van der Waals surface area contributed by atoms with Crippen LogP contribution in [0.3, 0.4) is 0 Å². The summed E-state index contributed by atoms with van der Waals surface area (Å²) in [6.07, 6.45) is 12.9. The van der Waals surface area contributed by atoms with Crippen molar-refractivity contribution in [3.8, 4) is 5.88 Å². The lowest BCUT2D eigenvalue weighted by atomic mass is 10.0. The molecule has 1 saturated carbocycles. The van der Waals surface area contributed by atoms with Gasteiger partial charge in [-0.2, -0.15) is 0 Å². The number of hydrogen-bond acceptors (Lipinski definition) is 5. The minimum absolute atomic E-state index is 0.0260. The summed E-state index contributed by atoms with van der Waals surface area (Å²) in [7, 11) is 0. The van der Waals surface area contributed by atoms with E-state index in [1.165, 1.54) is 0 Å². The first kappa shape index (κ1) is 21.2. The lowest BCUT2D eigenvalue weighted by Gasteiger charge is -2.11. The van der Waals surface area contributed by atoms with Crippen LogP contribution >= 0.6 is 0 Å². The van der Waals surface area contributed by atoms with Crippen molar-refractivity contribution in [1.29, 1.82) is 0 Å². The third kappa shape index (κ3) is 6.24. The number of rotatable bonds is 8. The number of amidine groups is 1. The molecule has 6 heteroatoms. The fraction of sp³-hybridized carbons (Fsp3) is 0.250. The molecule has 1 aliphatic carbocycles. The number of aromatic nitrogens is 2.